The number of carbonyl (C=O) groups is 1. The van der Waals surface area contributed by atoms with E-state index in [-0.39, 0.29) is 5.91 Å². The Morgan fingerprint density at radius 3 is 2.56 bits per heavy atom. The first-order chi connectivity index (χ1) is 12.1. The van der Waals surface area contributed by atoms with E-state index in [2.05, 4.69) is 10.2 Å². The molecule has 2 aromatic rings. The lowest BCUT2D eigenvalue weighted by molar-refractivity contribution is -0.117. The van der Waals surface area contributed by atoms with Crippen molar-refractivity contribution in [1.82, 2.24) is 4.90 Å². The lowest BCUT2D eigenvalue weighted by Gasteiger charge is -2.22. The van der Waals surface area contributed by atoms with Crippen molar-refractivity contribution in [2.45, 2.75) is 25.4 Å². The molecular weight excluding hydrogens is 359 g/mol. The maximum Gasteiger partial charge on any atom is 0.238 e. The van der Waals surface area contributed by atoms with Gasteiger partial charge in [-0.3, -0.25) is 9.69 Å². The molecule has 0 aliphatic heterocycles. The lowest BCUT2D eigenvalue weighted by Crippen LogP contribution is -2.34. The average molecular weight is 379 g/mol. The Bertz CT molecular complexity index is 746. The molecule has 0 atom stereocenters. The van der Waals surface area contributed by atoms with E-state index in [4.69, 9.17) is 27.9 Å². The van der Waals surface area contributed by atoms with Crippen LogP contribution in [0, 0.1) is 0 Å². The van der Waals surface area contributed by atoms with Crippen molar-refractivity contribution in [2.75, 3.05) is 19.0 Å². The smallest absolute Gasteiger partial charge is 0.238 e. The molecule has 0 bridgehead atoms. The van der Waals surface area contributed by atoms with Gasteiger partial charge in [0.05, 0.1) is 29.4 Å². The number of ether oxygens (including phenoxy) is 1. The maximum atomic E-state index is 12.4. The zero-order valence-electron chi connectivity index (χ0n) is 14.0. The van der Waals surface area contributed by atoms with Crippen LogP contribution in [0.25, 0.3) is 0 Å². The SMILES string of the molecule is COc1ccc(CN(CC(=O)Nc2cccc(Cl)c2Cl)C2CC2)cc1. The van der Waals surface area contributed by atoms with Crippen molar-refractivity contribution in [1.29, 1.82) is 0 Å². The van der Waals surface area contributed by atoms with Gasteiger partial charge in [0.1, 0.15) is 5.75 Å². The largest absolute Gasteiger partial charge is 0.497 e. The summed E-state index contributed by atoms with van der Waals surface area (Å²) in [5.41, 5.74) is 1.70. The number of hydrogen-bond donors (Lipinski definition) is 1. The van der Waals surface area contributed by atoms with Crippen molar-refractivity contribution in [2.24, 2.45) is 0 Å². The summed E-state index contributed by atoms with van der Waals surface area (Å²) >= 11 is 12.1. The molecule has 1 fully saturated rings. The fourth-order valence-corrected chi connectivity index (χ4v) is 3.04. The van der Waals surface area contributed by atoms with Crippen molar-refractivity contribution in [3.05, 3.63) is 58.1 Å². The van der Waals surface area contributed by atoms with E-state index in [1.807, 2.05) is 24.3 Å². The number of amides is 1. The molecule has 1 aliphatic carbocycles. The van der Waals surface area contributed by atoms with Gasteiger partial charge in [-0.05, 0) is 42.7 Å². The summed E-state index contributed by atoms with van der Waals surface area (Å²) in [6, 6.07) is 13.6. The number of nitrogens with zero attached hydrogens (tertiary/aromatic N) is 1. The van der Waals surface area contributed by atoms with Crippen LogP contribution in [-0.2, 0) is 11.3 Å². The van der Waals surface area contributed by atoms with Gasteiger partial charge in [0, 0.05) is 12.6 Å². The van der Waals surface area contributed by atoms with Gasteiger partial charge in [-0.2, -0.15) is 0 Å². The standard InChI is InChI=1S/C19H20Cl2N2O2/c1-25-15-9-5-13(6-10-15)11-23(14-7-8-14)12-18(24)22-17-4-2-3-16(20)19(17)21/h2-6,9-10,14H,7-8,11-12H2,1H3,(H,22,24). The fourth-order valence-electron chi connectivity index (χ4n) is 2.69. The van der Waals surface area contributed by atoms with Crippen LogP contribution >= 0.6 is 23.2 Å². The molecular formula is C19H20Cl2N2O2. The van der Waals surface area contributed by atoms with Gasteiger partial charge in [0.15, 0.2) is 0 Å². The fraction of sp³-hybridized carbons (Fsp3) is 0.316. The quantitative estimate of drug-likeness (QED) is 0.764. The average Bonchev–Trinajstić information content (AvgIpc) is 3.44. The van der Waals surface area contributed by atoms with E-state index in [1.165, 1.54) is 0 Å². The van der Waals surface area contributed by atoms with Crippen LogP contribution in [0.4, 0.5) is 5.69 Å². The number of benzene rings is 2. The highest BCUT2D eigenvalue weighted by molar-refractivity contribution is 6.44. The number of methoxy groups -OCH3 is 1. The van der Waals surface area contributed by atoms with E-state index in [0.717, 1.165) is 30.7 Å². The second-order valence-corrected chi connectivity index (χ2v) is 6.92. The van der Waals surface area contributed by atoms with Crippen LogP contribution in [0.3, 0.4) is 0 Å². The second kappa shape index (κ2) is 8.09. The summed E-state index contributed by atoms with van der Waals surface area (Å²) in [5, 5.41) is 3.65. The molecule has 4 nitrogen and oxygen atoms in total. The second-order valence-electron chi connectivity index (χ2n) is 6.13. The predicted molar refractivity (Wildman–Crippen MR) is 102 cm³/mol. The Labute approximate surface area is 157 Å². The van der Waals surface area contributed by atoms with Gasteiger partial charge >= 0.3 is 0 Å². The Balaban J connectivity index is 1.63. The molecule has 2 aromatic carbocycles. The molecule has 1 N–H and O–H groups in total. The van der Waals surface area contributed by atoms with E-state index >= 15 is 0 Å². The summed E-state index contributed by atoms with van der Waals surface area (Å²) in [7, 11) is 1.65. The third kappa shape index (κ3) is 4.88. The lowest BCUT2D eigenvalue weighted by atomic mass is 10.2. The molecule has 0 heterocycles. The molecule has 1 aliphatic rings. The van der Waals surface area contributed by atoms with Crippen LogP contribution in [-0.4, -0.2) is 30.5 Å². The first kappa shape index (κ1) is 18.1. The highest BCUT2D eigenvalue weighted by atomic mass is 35.5. The molecule has 25 heavy (non-hydrogen) atoms. The molecule has 1 saturated carbocycles. The predicted octanol–water partition coefficient (Wildman–Crippen LogP) is 4.61. The highest BCUT2D eigenvalue weighted by Gasteiger charge is 2.30. The van der Waals surface area contributed by atoms with Gasteiger partial charge in [0.25, 0.3) is 0 Å². The van der Waals surface area contributed by atoms with Gasteiger partial charge in [-0.15, -0.1) is 0 Å². The van der Waals surface area contributed by atoms with Gasteiger partial charge < -0.3 is 10.1 Å². The summed E-state index contributed by atoms with van der Waals surface area (Å²) in [6.45, 7) is 1.05. The molecule has 6 heteroatoms. The van der Waals surface area contributed by atoms with Crippen molar-refractivity contribution in [3.63, 3.8) is 0 Å². The number of carbonyl (C=O) groups excluding carboxylic acids is 1. The number of anilines is 1. The molecule has 0 radical (unpaired) electrons. The summed E-state index contributed by atoms with van der Waals surface area (Å²) < 4.78 is 5.18. The van der Waals surface area contributed by atoms with Crippen molar-refractivity contribution < 1.29 is 9.53 Å². The zero-order chi connectivity index (χ0) is 17.8. The Kier molecular flexibility index (Phi) is 5.84. The molecule has 132 valence electrons. The van der Waals surface area contributed by atoms with Gasteiger partial charge in [0.2, 0.25) is 5.91 Å². The Hall–Kier alpha value is -1.75. The third-order valence-electron chi connectivity index (χ3n) is 4.18. The van der Waals surface area contributed by atoms with E-state index in [1.54, 1.807) is 25.3 Å². The van der Waals surface area contributed by atoms with Crippen LogP contribution in [0.2, 0.25) is 10.0 Å². The maximum absolute atomic E-state index is 12.4. The normalized spacial score (nSPS) is 13.8. The van der Waals surface area contributed by atoms with E-state index < -0.39 is 0 Å². The van der Waals surface area contributed by atoms with Crippen molar-refractivity contribution in [3.8, 4) is 5.75 Å². The van der Waals surface area contributed by atoms with Crippen LogP contribution < -0.4 is 10.1 Å². The molecule has 0 spiro atoms. The first-order valence-electron chi connectivity index (χ1n) is 8.17. The summed E-state index contributed by atoms with van der Waals surface area (Å²) in [6.07, 6.45) is 2.25. The third-order valence-corrected chi connectivity index (χ3v) is 5.00. The number of rotatable bonds is 7. The minimum Gasteiger partial charge on any atom is -0.497 e. The molecule has 0 saturated heterocycles. The Morgan fingerprint density at radius 1 is 1.20 bits per heavy atom. The minimum absolute atomic E-state index is 0.0930. The van der Waals surface area contributed by atoms with Crippen LogP contribution in [0.15, 0.2) is 42.5 Å². The number of nitrogens with one attached hydrogen (secondary N) is 1. The van der Waals surface area contributed by atoms with E-state index in [9.17, 15) is 4.79 Å². The van der Waals surface area contributed by atoms with Gasteiger partial charge in [-0.25, -0.2) is 0 Å². The minimum atomic E-state index is -0.0930. The van der Waals surface area contributed by atoms with Crippen molar-refractivity contribution >= 4 is 34.8 Å². The highest BCUT2D eigenvalue weighted by Crippen LogP contribution is 2.31. The number of hydrogen-bond acceptors (Lipinski definition) is 3. The van der Waals surface area contributed by atoms with Gasteiger partial charge in [-0.1, -0.05) is 41.4 Å². The first-order valence-corrected chi connectivity index (χ1v) is 8.93. The summed E-state index contributed by atoms with van der Waals surface area (Å²) in [5.74, 6) is 0.736. The number of halogens is 2. The van der Waals surface area contributed by atoms with Crippen LogP contribution in [0.1, 0.15) is 18.4 Å². The molecule has 3 rings (SSSR count). The molecule has 0 unspecified atom stereocenters. The van der Waals surface area contributed by atoms with E-state index in [0.29, 0.717) is 28.3 Å². The topological polar surface area (TPSA) is 41.6 Å². The molecule has 1 amide bonds. The summed E-state index contributed by atoms with van der Waals surface area (Å²) in [4.78, 5) is 14.6. The Morgan fingerprint density at radius 2 is 1.92 bits per heavy atom. The molecule has 0 aromatic heterocycles. The zero-order valence-corrected chi connectivity index (χ0v) is 15.5. The van der Waals surface area contributed by atoms with Crippen LogP contribution in [0.5, 0.6) is 5.75 Å². The monoisotopic (exact) mass is 378 g/mol.